The molecule has 1 fully saturated rings. The maximum Gasteiger partial charge on any atom is 0.243 e. The summed E-state index contributed by atoms with van der Waals surface area (Å²) in [6, 6.07) is 6.75. The highest BCUT2D eigenvalue weighted by Gasteiger charge is 2.36. The van der Waals surface area contributed by atoms with Crippen LogP contribution >= 0.6 is 0 Å². The number of rotatable bonds is 2. The average molecular weight is 254 g/mol. The third-order valence-electron chi connectivity index (χ3n) is 3.38. The van der Waals surface area contributed by atoms with E-state index in [2.05, 4.69) is 0 Å². The Morgan fingerprint density at radius 2 is 1.88 bits per heavy atom. The second kappa shape index (κ2) is 4.40. The number of benzene rings is 1. The van der Waals surface area contributed by atoms with Gasteiger partial charge in [-0.25, -0.2) is 8.42 Å². The van der Waals surface area contributed by atoms with E-state index in [9.17, 15) is 8.42 Å². The third kappa shape index (κ3) is 2.22. The van der Waals surface area contributed by atoms with E-state index >= 15 is 0 Å². The quantitative estimate of drug-likeness (QED) is 0.859. The maximum absolute atomic E-state index is 12.4. The van der Waals surface area contributed by atoms with Gasteiger partial charge in [0.2, 0.25) is 10.0 Å². The van der Waals surface area contributed by atoms with Crippen molar-refractivity contribution in [3.8, 4) is 0 Å². The lowest BCUT2D eigenvalue weighted by atomic mass is 10.2. The van der Waals surface area contributed by atoms with E-state index in [1.807, 2.05) is 26.0 Å². The summed E-state index contributed by atoms with van der Waals surface area (Å²) >= 11 is 0. The van der Waals surface area contributed by atoms with Crippen LogP contribution in [-0.4, -0.2) is 31.4 Å². The van der Waals surface area contributed by atoms with Crippen molar-refractivity contribution in [1.29, 1.82) is 0 Å². The summed E-state index contributed by atoms with van der Waals surface area (Å²) in [6.45, 7) is 4.31. The molecule has 1 aliphatic rings. The van der Waals surface area contributed by atoms with E-state index in [4.69, 9.17) is 5.73 Å². The fourth-order valence-electron chi connectivity index (χ4n) is 2.12. The molecule has 1 heterocycles. The standard InChI is InChI=1S/C12H18N2O2S/c1-9-3-5-11(6-4-9)17(15,16)14-8-7-12(13)10(14)2/h3-6,10,12H,7-8,13H2,1-2H3. The van der Waals surface area contributed by atoms with Gasteiger partial charge in [-0.05, 0) is 32.4 Å². The average Bonchev–Trinajstić information content (AvgIpc) is 2.61. The van der Waals surface area contributed by atoms with E-state index < -0.39 is 10.0 Å². The second-order valence-corrected chi connectivity index (χ2v) is 6.51. The number of sulfonamides is 1. The normalized spacial score (nSPS) is 26.3. The Bertz CT molecular complexity index is 496. The van der Waals surface area contributed by atoms with Gasteiger partial charge < -0.3 is 5.73 Å². The molecule has 1 aliphatic heterocycles. The van der Waals surface area contributed by atoms with E-state index in [0.29, 0.717) is 11.4 Å². The molecule has 0 aliphatic carbocycles. The van der Waals surface area contributed by atoms with Crippen molar-refractivity contribution in [2.45, 2.75) is 37.2 Å². The van der Waals surface area contributed by atoms with Crippen molar-refractivity contribution >= 4 is 10.0 Å². The molecule has 4 nitrogen and oxygen atoms in total. The molecule has 2 rings (SSSR count). The van der Waals surface area contributed by atoms with Crippen molar-refractivity contribution in [2.75, 3.05) is 6.54 Å². The number of hydrogen-bond acceptors (Lipinski definition) is 3. The molecular weight excluding hydrogens is 236 g/mol. The lowest BCUT2D eigenvalue weighted by molar-refractivity contribution is 0.393. The van der Waals surface area contributed by atoms with Crippen LogP contribution in [0.2, 0.25) is 0 Å². The molecule has 2 N–H and O–H groups in total. The van der Waals surface area contributed by atoms with Gasteiger partial charge in [-0.3, -0.25) is 0 Å². The number of hydrogen-bond donors (Lipinski definition) is 1. The van der Waals surface area contributed by atoms with Crippen molar-refractivity contribution in [3.63, 3.8) is 0 Å². The van der Waals surface area contributed by atoms with Gasteiger partial charge >= 0.3 is 0 Å². The van der Waals surface area contributed by atoms with Gasteiger partial charge in [-0.1, -0.05) is 17.7 Å². The van der Waals surface area contributed by atoms with Crippen molar-refractivity contribution in [2.24, 2.45) is 5.73 Å². The van der Waals surface area contributed by atoms with E-state index in [0.717, 1.165) is 12.0 Å². The van der Waals surface area contributed by atoms with Crippen LogP contribution in [0.3, 0.4) is 0 Å². The van der Waals surface area contributed by atoms with Crippen LogP contribution in [0.1, 0.15) is 18.9 Å². The Hall–Kier alpha value is -0.910. The molecule has 2 unspecified atom stereocenters. The predicted octanol–water partition coefficient (Wildman–Crippen LogP) is 1.11. The van der Waals surface area contributed by atoms with Gasteiger partial charge in [0.1, 0.15) is 0 Å². The zero-order valence-corrected chi connectivity index (χ0v) is 10.9. The predicted molar refractivity (Wildman–Crippen MR) is 67.1 cm³/mol. The Balaban J connectivity index is 2.34. The summed E-state index contributed by atoms with van der Waals surface area (Å²) in [5.74, 6) is 0. The molecule has 0 amide bonds. The first-order chi connectivity index (χ1) is 7.93. The minimum atomic E-state index is -3.38. The molecule has 0 aromatic heterocycles. The minimum absolute atomic E-state index is 0.0600. The SMILES string of the molecule is Cc1ccc(S(=O)(=O)N2CCC(N)C2C)cc1. The molecule has 94 valence electrons. The van der Waals surface area contributed by atoms with Gasteiger partial charge in [-0.2, -0.15) is 4.31 Å². The first kappa shape index (κ1) is 12.5. The lowest BCUT2D eigenvalue weighted by Crippen LogP contribution is -2.40. The molecule has 0 spiro atoms. The fraction of sp³-hybridized carbons (Fsp3) is 0.500. The third-order valence-corrected chi connectivity index (χ3v) is 5.38. The number of nitrogens with zero attached hydrogens (tertiary/aromatic N) is 1. The topological polar surface area (TPSA) is 63.4 Å². The van der Waals surface area contributed by atoms with E-state index in [1.54, 1.807) is 12.1 Å². The highest BCUT2D eigenvalue weighted by atomic mass is 32.2. The molecule has 17 heavy (non-hydrogen) atoms. The van der Waals surface area contributed by atoms with Crippen molar-refractivity contribution < 1.29 is 8.42 Å². The molecule has 0 saturated carbocycles. The summed E-state index contributed by atoms with van der Waals surface area (Å²) in [6.07, 6.45) is 0.728. The molecule has 1 saturated heterocycles. The monoisotopic (exact) mass is 254 g/mol. The van der Waals surface area contributed by atoms with Crippen molar-refractivity contribution in [1.82, 2.24) is 4.31 Å². The summed E-state index contributed by atoms with van der Waals surface area (Å²) in [7, 11) is -3.38. The summed E-state index contributed by atoms with van der Waals surface area (Å²) in [5, 5.41) is 0. The van der Waals surface area contributed by atoms with E-state index in [-0.39, 0.29) is 12.1 Å². The molecule has 1 aromatic rings. The van der Waals surface area contributed by atoms with Crippen molar-refractivity contribution in [3.05, 3.63) is 29.8 Å². The molecule has 1 aromatic carbocycles. The summed E-state index contributed by atoms with van der Waals surface area (Å²) in [4.78, 5) is 0.351. The Labute approximate surface area is 102 Å². The van der Waals surface area contributed by atoms with Gasteiger partial charge in [0.05, 0.1) is 4.90 Å². The van der Waals surface area contributed by atoms with Crippen LogP contribution in [0.4, 0.5) is 0 Å². The first-order valence-corrected chi connectivity index (χ1v) is 7.21. The van der Waals surface area contributed by atoms with Gasteiger partial charge in [-0.15, -0.1) is 0 Å². The molecular formula is C12H18N2O2S. The highest BCUT2D eigenvalue weighted by Crippen LogP contribution is 2.25. The molecule has 5 heteroatoms. The first-order valence-electron chi connectivity index (χ1n) is 5.77. The zero-order valence-electron chi connectivity index (χ0n) is 10.1. The van der Waals surface area contributed by atoms with Crippen LogP contribution < -0.4 is 5.73 Å². The maximum atomic E-state index is 12.4. The lowest BCUT2D eigenvalue weighted by Gasteiger charge is -2.22. The largest absolute Gasteiger partial charge is 0.326 e. The molecule has 0 radical (unpaired) electrons. The van der Waals surface area contributed by atoms with Crippen LogP contribution in [0.25, 0.3) is 0 Å². The molecule has 2 atom stereocenters. The fourth-order valence-corrected chi connectivity index (χ4v) is 3.81. The highest BCUT2D eigenvalue weighted by molar-refractivity contribution is 7.89. The minimum Gasteiger partial charge on any atom is -0.326 e. The van der Waals surface area contributed by atoms with Gasteiger partial charge in [0.15, 0.2) is 0 Å². The van der Waals surface area contributed by atoms with Gasteiger partial charge in [0, 0.05) is 18.6 Å². The smallest absolute Gasteiger partial charge is 0.243 e. The number of nitrogens with two attached hydrogens (primary N) is 1. The zero-order chi connectivity index (χ0) is 12.6. The van der Waals surface area contributed by atoms with Gasteiger partial charge in [0.25, 0.3) is 0 Å². The Morgan fingerprint density at radius 1 is 1.29 bits per heavy atom. The van der Waals surface area contributed by atoms with E-state index in [1.165, 1.54) is 4.31 Å². The van der Waals surface area contributed by atoms with Crippen LogP contribution in [0.15, 0.2) is 29.2 Å². The van der Waals surface area contributed by atoms with Crippen LogP contribution in [0, 0.1) is 6.92 Å². The Kier molecular flexibility index (Phi) is 3.25. The molecule has 0 bridgehead atoms. The Morgan fingerprint density at radius 3 is 2.35 bits per heavy atom. The second-order valence-electron chi connectivity index (χ2n) is 4.62. The summed E-state index contributed by atoms with van der Waals surface area (Å²) < 4.78 is 26.2. The number of aryl methyl sites for hydroxylation is 1. The summed E-state index contributed by atoms with van der Waals surface area (Å²) in [5.41, 5.74) is 6.91. The van der Waals surface area contributed by atoms with Crippen LogP contribution in [0.5, 0.6) is 0 Å². The van der Waals surface area contributed by atoms with Crippen LogP contribution in [-0.2, 0) is 10.0 Å².